The van der Waals surface area contributed by atoms with Crippen molar-refractivity contribution >= 4 is 87.6 Å². The van der Waals surface area contributed by atoms with Crippen molar-refractivity contribution in [3.05, 3.63) is 224 Å². The summed E-state index contributed by atoms with van der Waals surface area (Å²) in [6.07, 6.45) is 0. The largest absolute Gasteiger partial charge is 0.456 e. The Kier molecular flexibility index (Phi) is 8.26. The third kappa shape index (κ3) is 5.80. The van der Waals surface area contributed by atoms with Gasteiger partial charge in [-0.05, 0) is 83.9 Å². The van der Waals surface area contributed by atoms with Crippen LogP contribution in [-0.4, -0.2) is 14.5 Å². The Balaban J connectivity index is 0.932. The molecule has 326 valence electrons. The molecule has 5 heterocycles. The minimum absolute atomic E-state index is 0.606. The summed E-state index contributed by atoms with van der Waals surface area (Å²) in [7, 11) is 0. The average Bonchev–Trinajstić information content (AvgIpc) is 4.20. The summed E-state index contributed by atoms with van der Waals surface area (Å²) >= 11 is 0. The molecular formula is C64H37N3O3. The Morgan fingerprint density at radius 3 is 1.79 bits per heavy atom. The SMILES string of the molecule is c1ccc(-c2cc(-c3ccc4c(c3)oc3ccccc34)nc(-c3cccc4oc5ccc(-c6ccc(-c7cccc8c9ccccc9n(-c9ccccc9)c78)c7oc8ccccc8c67)cc5c34)n2)cc1. The zero-order valence-corrected chi connectivity index (χ0v) is 37.4. The first kappa shape index (κ1) is 38.6. The maximum absolute atomic E-state index is 6.97. The third-order valence-corrected chi connectivity index (χ3v) is 14.0. The zero-order chi connectivity index (χ0) is 45.9. The molecule has 0 unspecified atom stereocenters. The van der Waals surface area contributed by atoms with Crippen LogP contribution in [0.15, 0.2) is 238 Å². The van der Waals surface area contributed by atoms with Gasteiger partial charge in [0.1, 0.15) is 33.5 Å². The smallest absolute Gasteiger partial charge is 0.161 e. The van der Waals surface area contributed by atoms with Gasteiger partial charge in [-0.25, -0.2) is 9.97 Å². The molecule has 0 N–H and O–H groups in total. The zero-order valence-electron chi connectivity index (χ0n) is 37.4. The summed E-state index contributed by atoms with van der Waals surface area (Å²) in [6, 6.07) is 78.3. The fourth-order valence-electron chi connectivity index (χ4n) is 10.9. The Labute approximate surface area is 399 Å². The second kappa shape index (κ2) is 15.0. The van der Waals surface area contributed by atoms with Crippen molar-refractivity contribution in [3.8, 4) is 61.8 Å². The van der Waals surface area contributed by atoms with Gasteiger partial charge in [-0.3, -0.25) is 0 Å². The lowest BCUT2D eigenvalue weighted by molar-refractivity contribution is 0.668. The number of hydrogen-bond acceptors (Lipinski definition) is 5. The molecule has 10 aromatic carbocycles. The lowest BCUT2D eigenvalue weighted by Gasteiger charge is -2.13. The number of aromatic nitrogens is 3. The van der Waals surface area contributed by atoms with Crippen molar-refractivity contribution in [1.82, 2.24) is 14.5 Å². The number of rotatable bonds is 6. The van der Waals surface area contributed by atoms with E-state index in [-0.39, 0.29) is 0 Å². The van der Waals surface area contributed by atoms with Gasteiger partial charge in [0, 0.05) is 76.6 Å². The predicted octanol–water partition coefficient (Wildman–Crippen LogP) is 17.6. The fourth-order valence-corrected chi connectivity index (χ4v) is 10.9. The maximum Gasteiger partial charge on any atom is 0.161 e. The van der Waals surface area contributed by atoms with Crippen molar-refractivity contribution in [2.24, 2.45) is 0 Å². The summed E-state index contributed by atoms with van der Waals surface area (Å²) in [4.78, 5) is 10.6. The van der Waals surface area contributed by atoms with Gasteiger partial charge in [0.25, 0.3) is 0 Å². The summed E-state index contributed by atoms with van der Waals surface area (Å²) in [6.45, 7) is 0. The van der Waals surface area contributed by atoms with Crippen LogP contribution in [-0.2, 0) is 0 Å². The second-order valence-corrected chi connectivity index (χ2v) is 18.0. The predicted molar refractivity (Wildman–Crippen MR) is 285 cm³/mol. The quantitative estimate of drug-likeness (QED) is 0.166. The fraction of sp³-hybridized carbons (Fsp3) is 0. The number of nitrogens with zero attached hydrogens (tertiary/aromatic N) is 3. The molecule has 0 fully saturated rings. The molecule has 0 atom stereocenters. The monoisotopic (exact) mass is 895 g/mol. The molecule has 0 bridgehead atoms. The van der Waals surface area contributed by atoms with E-state index in [9.17, 15) is 0 Å². The molecule has 0 aliphatic rings. The minimum atomic E-state index is 0.606. The van der Waals surface area contributed by atoms with Crippen molar-refractivity contribution in [1.29, 1.82) is 0 Å². The van der Waals surface area contributed by atoms with Gasteiger partial charge < -0.3 is 17.8 Å². The third-order valence-electron chi connectivity index (χ3n) is 14.0. The number of furan rings is 3. The molecule has 70 heavy (non-hydrogen) atoms. The molecule has 15 rings (SSSR count). The van der Waals surface area contributed by atoms with E-state index in [2.05, 4.69) is 174 Å². The van der Waals surface area contributed by atoms with Crippen LogP contribution in [0.3, 0.4) is 0 Å². The lowest BCUT2D eigenvalue weighted by atomic mass is 9.93. The van der Waals surface area contributed by atoms with E-state index >= 15 is 0 Å². The maximum atomic E-state index is 6.97. The number of para-hydroxylation sites is 5. The molecule has 0 radical (unpaired) electrons. The summed E-state index contributed by atoms with van der Waals surface area (Å²) in [5.74, 6) is 0.606. The Bertz CT molecular complexity index is 4590. The first-order valence-corrected chi connectivity index (χ1v) is 23.5. The molecule has 0 saturated carbocycles. The van der Waals surface area contributed by atoms with Crippen LogP contribution in [0.4, 0.5) is 0 Å². The van der Waals surface area contributed by atoms with E-state index in [1.54, 1.807) is 0 Å². The van der Waals surface area contributed by atoms with Gasteiger partial charge >= 0.3 is 0 Å². The van der Waals surface area contributed by atoms with Crippen LogP contribution in [0, 0.1) is 0 Å². The van der Waals surface area contributed by atoms with Crippen LogP contribution >= 0.6 is 0 Å². The van der Waals surface area contributed by atoms with Crippen LogP contribution < -0.4 is 0 Å². The van der Waals surface area contributed by atoms with Crippen LogP contribution in [0.1, 0.15) is 0 Å². The highest BCUT2D eigenvalue weighted by Crippen LogP contribution is 2.47. The standard InChI is InChI=1S/C64H37N3O3/c1-3-15-38(16-4-1)52-37-53(40-29-31-45-44-20-8-11-26-55(44)69-59(45)36-40)66-64(65-52)50-24-14-28-58-60(50)51-35-39(30-34-57(51)68-58)42-32-33-48(63-61(42)49-21-9-12-27-56(49)70-63)47-23-13-22-46-43-19-7-10-25-54(43)67(62(46)47)41-17-5-2-6-18-41/h1-37H. The van der Waals surface area contributed by atoms with Crippen molar-refractivity contribution in [2.75, 3.05) is 0 Å². The number of fused-ring (bicyclic) bond motifs is 12. The molecule has 6 heteroatoms. The highest BCUT2D eigenvalue weighted by Gasteiger charge is 2.24. The molecule has 0 spiro atoms. The van der Waals surface area contributed by atoms with Crippen LogP contribution in [0.5, 0.6) is 0 Å². The van der Waals surface area contributed by atoms with Crippen molar-refractivity contribution < 1.29 is 13.3 Å². The second-order valence-electron chi connectivity index (χ2n) is 18.0. The van der Waals surface area contributed by atoms with Gasteiger partial charge in [-0.1, -0.05) is 152 Å². The molecule has 0 aliphatic heterocycles. The van der Waals surface area contributed by atoms with E-state index in [1.165, 1.54) is 10.8 Å². The Morgan fingerprint density at radius 2 is 0.929 bits per heavy atom. The molecule has 0 amide bonds. The number of benzene rings is 10. The Morgan fingerprint density at radius 1 is 0.314 bits per heavy atom. The summed E-state index contributed by atoms with van der Waals surface area (Å²) in [5.41, 5.74) is 17.0. The molecule has 15 aromatic rings. The van der Waals surface area contributed by atoms with Crippen molar-refractivity contribution in [2.45, 2.75) is 0 Å². The first-order chi connectivity index (χ1) is 34.7. The van der Waals surface area contributed by atoms with Crippen LogP contribution in [0.25, 0.3) is 149 Å². The van der Waals surface area contributed by atoms with Crippen molar-refractivity contribution in [3.63, 3.8) is 0 Å². The van der Waals surface area contributed by atoms with Gasteiger partial charge in [-0.15, -0.1) is 0 Å². The minimum Gasteiger partial charge on any atom is -0.456 e. The highest BCUT2D eigenvalue weighted by atomic mass is 16.3. The number of hydrogen-bond donors (Lipinski definition) is 0. The normalized spacial score (nSPS) is 12.0. The van der Waals surface area contributed by atoms with E-state index in [0.29, 0.717) is 5.82 Å². The van der Waals surface area contributed by atoms with Gasteiger partial charge in [0.2, 0.25) is 0 Å². The summed E-state index contributed by atoms with van der Waals surface area (Å²) in [5, 5.41) is 8.61. The van der Waals surface area contributed by atoms with E-state index in [0.717, 1.165) is 133 Å². The van der Waals surface area contributed by atoms with E-state index < -0.39 is 0 Å². The summed E-state index contributed by atoms with van der Waals surface area (Å²) < 4.78 is 22.4. The molecule has 0 aliphatic carbocycles. The molecule has 0 saturated heterocycles. The topological polar surface area (TPSA) is 70.1 Å². The van der Waals surface area contributed by atoms with Gasteiger partial charge in [0.05, 0.1) is 22.4 Å². The average molecular weight is 896 g/mol. The van der Waals surface area contributed by atoms with Crippen LogP contribution in [0.2, 0.25) is 0 Å². The van der Waals surface area contributed by atoms with Gasteiger partial charge in [0.15, 0.2) is 5.82 Å². The van der Waals surface area contributed by atoms with E-state index in [4.69, 9.17) is 23.2 Å². The van der Waals surface area contributed by atoms with E-state index in [1.807, 2.05) is 54.6 Å². The highest BCUT2D eigenvalue weighted by molar-refractivity contribution is 6.21. The molecule has 5 aromatic heterocycles. The first-order valence-electron chi connectivity index (χ1n) is 23.5. The molecule has 6 nitrogen and oxygen atoms in total. The Hall–Kier alpha value is -9.52. The molecular weight excluding hydrogens is 859 g/mol. The lowest BCUT2D eigenvalue weighted by Crippen LogP contribution is -1.96. The van der Waals surface area contributed by atoms with Gasteiger partial charge in [-0.2, -0.15) is 0 Å².